The van der Waals surface area contributed by atoms with Crippen molar-refractivity contribution < 1.29 is 39.8 Å². The van der Waals surface area contributed by atoms with Crippen LogP contribution in [-0.4, -0.2) is 87.5 Å². The molecule has 7 unspecified atom stereocenters. The number of aliphatic hydroxyl groups is 5. The summed E-state index contributed by atoms with van der Waals surface area (Å²) in [5, 5.41) is 54.7. The molecule has 9 heteroatoms. The van der Waals surface area contributed by atoms with E-state index in [1.54, 1.807) is 6.08 Å². The van der Waals surface area contributed by atoms with E-state index < -0.39 is 49.5 Å². The molecule has 1 heterocycles. The second-order valence-corrected chi connectivity index (χ2v) is 24.3. The van der Waals surface area contributed by atoms with Crippen LogP contribution in [0.25, 0.3) is 0 Å². The van der Waals surface area contributed by atoms with Crippen molar-refractivity contribution in [3.63, 3.8) is 0 Å². The number of unbranched alkanes of at least 4 members (excludes halogenated alkanes) is 25. The minimum atomic E-state index is -1.59. The van der Waals surface area contributed by atoms with Crippen LogP contribution in [0.3, 0.4) is 0 Å². The third kappa shape index (κ3) is 55.2. The molecule has 6 N–H and O–H groups in total. The number of aliphatic hydroxyl groups excluding tert-OH is 5. The van der Waals surface area contributed by atoms with Crippen LogP contribution in [0.4, 0.5) is 0 Å². The van der Waals surface area contributed by atoms with Crippen LogP contribution < -0.4 is 5.32 Å². The van der Waals surface area contributed by atoms with Gasteiger partial charge < -0.3 is 40.3 Å². The number of ether oxygens (including phenoxy) is 2. The summed E-state index contributed by atoms with van der Waals surface area (Å²) >= 11 is 0. The molecule has 1 aliphatic heterocycles. The maximum absolute atomic E-state index is 13.1. The summed E-state index contributed by atoms with van der Waals surface area (Å²) in [5.41, 5.74) is 0. The van der Waals surface area contributed by atoms with Gasteiger partial charge in [-0.05, 0) is 128 Å². The Morgan fingerprint density at radius 2 is 0.700 bits per heavy atom. The molecular formula is C81H133NO8. The molecule has 1 aliphatic rings. The van der Waals surface area contributed by atoms with Gasteiger partial charge in [-0.2, -0.15) is 0 Å². The average molecular weight is 1250 g/mol. The summed E-state index contributed by atoms with van der Waals surface area (Å²) in [7, 11) is 0. The normalized spacial score (nSPS) is 18.9. The fourth-order valence-electron chi connectivity index (χ4n) is 10.4. The fourth-order valence-corrected chi connectivity index (χ4v) is 10.4. The summed E-state index contributed by atoms with van der Waals surface area (Å²) in [6.45, 7) is 3.64. The van der Waals surface area contributed by atoms with Crippen molar-refractivity contribution in [1.82, 2.24) is 5.32 Å². The lowest BCUT2D eigenvalue weighted by molar-refractivity contribution is -0.302. The summed E-state index contributed by atoms with van der Waals surface area (Å²) < 4.78 is 11.3. The molecule has 510 valence electrons. The Kier molecular flexibility index (Phi) is 62.6. The molecule has 0 aromatic rings. The first-order valence-corrected chi connectivity index (χ1v) is 36.4. The maximum atomic E-state index is 13.1. The highest BCUT2D eigenvalue weighted by atomic mass is 16.7. The Labute approximate surface area is 551 Å². The van der Waals surface area contributed by atoms with Gasteiger partial charge in [-0.15, -0.1) is 0 Å². The molecule has 1 saturated heterocycles. The van der Waals surface area contributed by atoms with Gasteiger partial charge in [-0.25, -0.2) is 0 Å². The van der Waals surface area contributed by atoms with E-state index in [0.29, 0.717) is 12.8 Å². The lowest BCUT2D eigenvalue weighted by Crippen LogP contribution is -2.60. The van der Waals surface area contributed by atoms with Crippen LogP contribution in [0.5, 0.6) is 0 Å². The van der Waals surface area contributed by atoms with Crippen molar-refractivity contribution in [2.45, 2.75) is 320 Å². The first-order valence-electron chi connectivity index (χ1n) is 36.4. The van der Waals surface area contributed by atoms with Gasteiger partial charge in [-0.1, -0.05) is 312 Å². The highest BCUT2D eigenvalue weighted by Crippen LogP contribution is 2.23. The first-order chi connectivity index (χ1) is 44.3. The number of rotatable bonds is 61. The predicted octanol–water partition coefficient (Wildman–Crippen LogP) is 20.5. The third-order valence-electron chi connectivity index (χ3n) is 16.0. The first kappa shape index (κ1) is 83.6. The van der Waals surface area contributed by atoms with Crippen molar-refractivity contribution in [3.8, 4) is 0 Å². The van der Waals surface area contributed by atoms with E-state index in [4.69, 9.17) is 9.47 Å². The molecule has 9 nitrogen and oxygen atoms in total. The highest BCUT2D eigenvalue weighted by molar-refractivity contribution is 5.76. The van der Waals surface area contributed by atoms with Gasteiger partial charge >= 0.3 is 0 Å². The van der Waals surface area contributed by atoms with Crippen molar-refractivity contribution >= 4 is 5.91 Å². The summed E-state index contributed by atoms with van der Waals surface area (Å²) in [6.07, 6.45) is 100. The largest absolute Gasteiger partial charge is 0.394 e. The van der Waals surface area contributed by atoms with E-state index in [9.17, 15) is 30.3 Å². The topological polar surface area (TPSA) is 149 Å². The molecule has 0 saturated carbocycles. The second-order valence-electron chi connectivity index (χ2n) is 24.3. The van der Waals surface area contributed by atoms with Crippen molar-refractivity contribution in [3.05, 3.63) is 170 Å². The summed E-state index contributed by atoms with van der Waals surface area (Å²) in [5.74, 6) is -0.215. The van der Waals surface area contributed by atoms with Gasteiger partial charge in [0.15, 0.2) is 6.29 Å². The average Bonchev–Trinajstić information content (AvgIpc) is 2.75. The van der Waals surface area contributed by atoms with Gasteiger partial charge in [0.1, 0.15) is 24.4 Å². The maximum Gasteiger partial charge on any atom is 0.220 e. The fraction of sp³-hybridized carbons (Fsp3) is 0.642. The zero-order chi connectivity index (χ0) is 64.9. The van der Waals surface area contributed by atoms with Crippen molar-refractivity contribution in [2.24, 2.45) is 0 Å². The molecule has 1 rings (SSSR count). The van der Waals surface area contributed by atoms with E-state index in [2.05, 4.69) is 177 Å². The van der Waals surface area contributed by atoms with Crippen LogP contribution in [0, 0.1) is 0 Å². The van der Waals surface area contributed by atoms with Gasteiger partial charge in [-0.3, -0.25) is 4.79 Å². The van der Waals surface area contributed by atoms with Crippen molar-refractivity contribution in [2.75, 3.05) is 13.2 Å². The SMILES string of the molecule is CC/C=C\C/C=C\C/C=C\C/C=C\C/C=C\C/C=C\C/C=C\C/C=C\C/C=C\C/C=C\C/C=C\CCCCCCCC(=O)NC(COC1OC(CO)C(O)C(O)C1O)C(O)/C=C/CC/C=C/CC/C=C/CCCCCCCCCCCCCCCCCCCC. The van der Waals surface area contributed by atoms with Crippen molar-refractivity contribution in [1.29, 1.82) is 0 Å². The Bertz CT molecular complexity index is 2030. The van der Waals surface area contributed by atoms with Crippen LogP contribution in [0.15, 0.2) is 170 Å². The predicted molar refractivity (Wildman–Crippen MR) is 386 cm³/mol. The van der Waals surface area contributed by atoms with E-state index >= 15 is 0 Å². The quantitative estimate of drug-likeness (QED) is 0.0261. The van der Waals surface area contributed by atoms with E-state index in [-0.39, 0.29) is 12.5 Å². The van der Waals surface area contributed by atoms with Crippen LogP contribution in [0.2, 0.25) is 0 Å². The number of carbonyl (C=O) groups excluding carboxylic acids is 1. The summed E-state index contributed by atoms with van der Waals surface area (Å²) in [6, 6.07) is -0.854. The standard InChI is InChI=1S/C81H133NO8/c1-3-5-7-9-11-13-15-17-19-21-23-25-27-29-31-33-34-35-36-37-38-39-40-41-42-43-45-47-49-51-53-55-57-59-61-63-65-67-69-71-77(85)82-74(73-89-81-80(88)79(87)78(86)76(72-83)90-81)75(84)70-68-66-64-62-60-58-56-54-52-50-48-46-44-32-30-28-26-24-22-20-18-16-14-12-10-8-6-4-2/h5,7,11,13,17,19,23,25,29,31,34-35,37-38,40-41,43,45,49,51-52,54-55,57,60,62,68,70,74-76,78-81,83-84,86-88H,3-4,6,8-10,12,14-16,18,20-22,24,26-28,30,32-33,36,39,42,44,46-48,50,53,56,58-59,61,63-67,69,71-73H2,1-2H3,(H,82,85)/b7-5-,13-11-,19-17-,25-23-,31-29-,35-34-,38-37-,41-40-,45-43-,51-49-,54-52+,57-55-,62-60+,70-68+. The molecule has 0 bridgehead atoms. The molecule has 7 atom stereocenters. The van der Waals surface area contributed by atoms with Gasteiger partial charge in [0.25, 0.3) is 0 Å². The van der Waals surface area contributed by atoms with E-state index in [0.717, 1.165) is 135 Å². The van der Waals surface area contributed by atoms with E-state index in [1.165, 1.54) is 116 Å². The zero-order valence-corrected chi connectivity index (χ0v) is 57.1. The molecule has 0 radical (unpaired) electrons. The number of nitrogens with one attached hydrogen (secondary N) is 1. The van der Waals surface area contributed by atoms with Crippen LogP contribution in [0.1, 0.15) is 277 Å². The molecule has 0 aromatic heterocycles. The smallest absolute Gasteiger partial charge is 0.220 e. The molecule has 0 spiro atoms. The third-order valence-corrected chi connectivity index (χ3v) is 16.0. The molecule has 1 fully saturated rings. The van der Waals surface area contributed by atoms with Gasteiger partial charge in [0, 0.05) is 6.42 Å². The van der Waals surface area contributed by atoms with Crippen LogP contribution in [-0.2, 0) is 14.3 Å². The molecule has 0 aliphatic carbocycles. The number of allylic oxidation sites excluding steroid dienone is 27. The molecule has 1 amide bonds. The number of hydrogen-bond donors (Lipinski definition) is 6. The Morgan fingerprint density at radius 1 is 0.389 bits per heavy atom. The second kappa shape index (κ2) is 67.4. The number of carbonyl (C=O) groups is 1. The molecule has 0 aromatic carbocycles. The summed E-state index contributed by atoms with van der Waals surface area (Å²) in [4.78, 5) is 13.1. The monoisotopic (exact) mass is 1250 g/mol. The zero-order valence-electron chi connectivity index (χ0n) is 57.1. The Balaban J connectivity index is 2.21. The van der Waals surface area contributed by atoms with Gasteiger partial charge in [0.05, 0.1) is 25.4 Å². The molecule has 90 heavy (non-hydrogen) atoms. The minimum Gasteiger partial charge on any atom is -0.394 e. The van der Waals surface area contributed by atoms with Gasteiger partial charge in [0.2, 0.25) is 5.91 Å². The Morgan fingerprint density at radius 3 is 1.07 bits per heavy atom. The number of amides is 1. The lowest BCUT2D eigenvalue weighted by Gasteiger charge is -2.40. The highest BCUT2D eigenvalue weighted by Gasteiger charge is 2.44. The van der Waals surface area contributed by atoms with E-state index in [1.807, 2.05) is 6.08 Å². The van der Waals surface area contributed by atoms with Crippen LogP contribution >= 0.6 is 0 Å². The lowest BCUT2D eigenvalue weighted by atomic mass is 9.99. The Hall–Kier alpha value is -4.45. The number of hydrogen-bond acceptors (Lipinski definition) is 8. The minimum absolute atomic E-state index is 0.215. The molecular weight excluding hydrogens is 1110 g/mol.